The lowest BCUT2D eigenvalue weighted by molar-refractivity contribution is -0.151. The van der Waals surface area contributed by atoms with E-state index in [1.165, 1.54) is 25.7 Å². The Bertz CT molecular complexity index is 708. The van der Waals surface area contributed by atoms with Gasteiger partial charge in [-0.05, 0) is 69.1 Å². The summed E-state index contributed by atoms with van der Waals surface area (Å²) in [6.45, 7) is 1.93. The smallest absolute Gasteiger partial charge is 0.313 e. The van der Waals surface area contributed by atoms with Crippen LogP contribution >= 0.6 is 11.8 Å². The molecule has 1 aromatic carbocycles. The van der Waals surface area contributed by atoms with Gasteiger partial charge in [-0.3, -0.25) is 9.59 Å². The molecule has 0 aromatic heterocycles. The van der Waals surface area contributed by atoms with Gasteiger partial charge in [-0.15, -0.1) is 11.8 Å². The van der Waals surface area contributed by atoms with E-state index in [2.05, 4.69) is 6.07 Å². The van der Waals surface area contributed by atoms with Gasteiger partial charge in [0.2, 0.25) is 0 Å². The molecule has 0 bridgehead atoms. The molecule has 2 aliphatic carbocycles. The molecule has 3 unspecified atom stereocenters. The van der Waals surface area contributed by atoms with E-state index in [4.69, 9.17) is 4.74 Å². The molecular weight excluding hydrogens is 356 g/mol. The van der Waals surface area contributed by atoms with E-state index in [1.807, 2.05) is 19.1 Å². The predicted octanol–water partition coefficient (Wildman–Crippen LogP) is 5.76. The summed E-state index contributed by atoms with van der Waals surface area (Å²) in [6.07, 6.45) is 10.3. The summed E-state index contributed by atoms with van der Waals surface area (Å²) in [7, 11) is 0. The monoisotopic (exact) mass is 386 g/mol. The molecule has 0 spiro atoms. The largest absolute Gasteiger partial charge is 0.462 e. The third kappa shape index (κ3) is 4.11. The molecule has 4 heteroatoms. The predicted molar refractivity (Wildman–Crippen MR) is 108 cm³/mol. The second-order valence-electron chi connectivity index (χ2n) is 8.50. The van der Waals surface area contributed by atoms with Crippen LogP contribution in [0.2, 0.25) is 0 Å². The number of Topliss-reactive ketones (excluding diaryl/α,β-unsaturated/α-hetero) is 1. The zero-order chi connectivity index (χ0) is 18.8. The Morgan fingerprint density at radius 1 is 1.07 bits per heavy atom. The summed E-state index contributed by atoms with van der Waals surface area (Å²) in [6, 6.07) is 6.00. The zero-order valence-corrected chi connectivity index (χ0v) is 17.1. The molecule has 0 N–H and O–H groups in total. The van der Waals surface area contributed by atoms with Crippen LogP contribution in [0.3, 0.4) is 0 Å². The molecule has 0 radical (unpaired) electrons. The van der Waals surface area contributed by atoms with Crippen LogP contribution in [0.1, 0.15) is 86.6 Å². The van der Waals surface area contributed by atoms with Crippen molar-refractivity contribution < 1.29 is 14.3 Å². The van der Waals surface area contributed by atoms with E-state index >= 15 is 0 Å². The van der Waals surface area contributed by atoms with Crippen molar-refractivity contribution in [1.29, 1.82) is 0 Å². The van der Waals surface area contributed by atoms with Crippen LogP contribution in [0.15, 0.2) is 23.1 Å². The fraction of sp³-hybridized carbons (Fsp3) is 0.652. The Hall–Kier alpha value is -1.29. The molecule has 2 saturated carbocycles. The molecule has 3 atom stereocenters. The van der Waals surface area contributed by atoms with Gasteiger partial charge in [-0.25, -0.2) is 0 Å². The molecule has 1 aromatic rings. The molecule has 4 rings (SSSR count). The van der Waals surface area contributed by atoms with Crippen molar-refractivity contribution in [3.05, 3.63) is 29.3 Å². The topological polar surface area (TPSA) is 43.4 Å². The van der Waals surface area contributed by atoms with E-state index in [9.17, 15) is 9.59 Å². The molecule has 2 fully saturated rings. The van der Waals surface area contributed by atoms with E-state index in [0.717, 1.165) is 53.9 Å². The van der Waals surface area contributed by atoms with Crippen molar-refractivity contribution in [3.8, 4) is 0 Å². The Balaban J connectivity index is 1.49. The zero-order valence-electron chi connectivity index (χ0n) is 16.2. The van der Waals surface area contributed by atoms with Gasteiger partial charge < -0.3 is 4.74 Å². The molecule has 3 nitrogen and oxygen atoms in total. The highest BCUT2D eigenvalue weighted by molar-refractivity contribution is 7.99. The fourth-order valence-corrected chi connectivity index (χ4v) is 6.20. The summed E-state index contributed by atoms with van der Waals surface area (Å²) >= 11 is 1.80. The Morgan fingerprint density at radius 2 is 1.81 bits per heavy atom. The van der Waals surface area contributed by atoms with Crippen molar-refractivity contribution in [2.75, 3.05) is 5.75 Å². The van der Waals surface area contributed by atoms with Crippen LogP contribution in [0.5, 0.6) is 0 Å². The SMILES string of the molecule is CC(C(=O)OC1CCCCC1)c1ccc2c(c1)SCC1CCCCC1C2=O. The number of hydrogen-bond acceptors (Lipinski definition) is 4. The average molecular weight is 387 g/mol. The number of carbonyl (C=O) groups is 2. The Morgan fingerprint density at radius 3 is 2.63 bits per heavy atom. The van der Waals surface area contributed by atoms with Gasteiger partial charge in [-0.1, -0.05) is 25.3 Å². The van der Waals surface area contributed by atoms with Gasteiger partial charge in [0.25, 0.3) is 0 Å². The lowest BCUT2D eigenvalue weighted by Gasteiger charge is -2.28. The summed E-state index contributed by atoms with van der Waals surface area (Å²) in [5, 5.41) is 0. The quantitative estimate of drug-likeness (QED) is 0.619. The molecule has 146 valence electrons. The lowest BCUT2D eigenvalue weighted by atomic mass is 9.76. The third-order valence-electron chi connectivity index (χ3n) is 6.66. The van der Waals surface area contributed by atoms with Crippen molar-refractivity contribution in [2.24, 2.45) is 11.8 Å². The van der Waals surface area contributed by atoms with Crippen molar-refractivity contribution >= 4 is 23.5 Å². The highest BCUT2D eigenvalue weighted by atomic mass is 32.2. The summed E-state index contributed by atoms with van der Waals surface area (Å²) < 4.78 is 5.76. The first-order valence-corrected chi connectivity index (χ1v) is 11.6. The van der Waals surface area contributed by atoms with Crippen LogP contribution in [0.4, 0.5) is 0 Å². The lowest BCUT2D eigenvalue weighted by Crippen LogP contribution is -2.27. The number of ether oxygens (including phenoxy) is 1. The van der Waals surface area contributed by atoms with Gasteiger partial charge in [0.15, 0.2) is 5.78 Å². The molecule has 1 aliphatic heterocycles. The molecule has 27 heavy (non-hydrogen) atoms. The summed E-state index contributed by atoms with van der Waals surface area (Å²) in [4.78, 5) is 26.7. The number of esters is 1. The first-order valence-electron chi connectivity index (χ1n) is 10.6. The standard InChI is InChI=1S/C23H30O3S/c1-15(23(25)26-18-8-3-2-4-9-18)16-11-12-20-21(13-16)27-14-17-7-5-6-10-19(17)22(20)24/h11-13,15,17-19H,2-10,14H2,1H3. The maximum atomic E-state index is 13.0. The minimum Gasteiger partial charge on any atom is -0.462 e. The number of hydrogen-bond donors (Lipinski definition) is 0. The van der Waals surface area contributed by atoms with Crippen molar-refractivity contribution in [2.45, 2.75) is 81.6 Å². The van der Waals surface area contributed by atoms with E-state index < -0.39 is 0 Å². The number of thioether (sulfide) groups is 1. The van der Waals surface area contributed by atoms with E-state index in [0.29, 0.717) is 11.7 Å². The maximum Gasteiger partial charge on any atom is 0.313 e. The third-order valence-corrected chi connectivity index (χ3v) is 7.90. The van der Waals surface area contributed by atoms with Crippen LogP contribution in [0.25, 0.3) is 0 Å². The van der Waals surface area contributed by atoms with Gasteiger partial charge >= 0.3 is 5.97 Å². The fourth-order valence-electron chi connectivity index (χ4n) is 4.87. The number of carbonyl (C=O) groups excluding carboxylic acids is 2. The summed E-state index contributed by atoms with van der Waals surface area (Å²) in [5.41, 5.74) is 1.84. The number of rotatable bonds is 3. The average Bonchev–Trinajstić information content (AvgIpc) is 2.85. The van der Waals surface area contributed by atoms with Crippen molar-refractivity contribution in [3.63, 3.8) is 0 Å². The van der Waals surface area contributed by atoms with E-state index in [1.54, 1.807) is 11.8 Å². The first-order chi connectivity index (χ1) is 13.1. The van der Waals surface area contributed by atoms with Gasteiger partial charge in [0.05, 0.1) is 5.92 Å². The number of benzene rings is 1. The van der Waals surface area contributed by atoms with Gasteiger partial charge in [0.1, 0.15) is 6.10 Å². The summed E-state index contributed by atoms with van der Waals surface area (Å²) in [5.74, 6) is 1.66. The van der Waals surface area contributed by atoms with Gasteiger partial charge in [0, 0.05) is 22.1 Å². The second-order valence-corrected chi connectivity index (χ2v) is 9.56. The van der Waals surface area contributed by atoms with Crippen LogP contribution in [-0.4, -0.2) is 23.6 Å². The second kappa shape index (κ2) is 8.38. The molecule has 0 saturated heterocycles. The molecule has 0 amide bonds. The molecular formula is C23H30O3S. The minimum absolute atomic E-state index is 0.0913. The Labute approximate surface area is 166 Å². The highest BCUT2D eigenvalue weighted by Gasteiger charge is 2.35. The highest BCUT2D eigenvalue weighted by Crippen LogP contribution is 2.42. The first kappa shape index (κ1) is 19.0. The maximum absolute atomic E-state index is 13.0. The molecule has 3 aliphatic rings. The van der Waals surface area contributed by atoms with Crippen molar-refractivity contribution in [1.82, 2.24) is 0 Å². The van der Waals surface area contributed by atoms with Crippen LogP contribution < -0.4 is 0 Å². The molecule has 1 heterocycles. The van der Waals surface area contributed by atoms with Crippen LogP contribution in [-0.2, 0) is 9.53 Å². The number of fused-ring (bicyclic) bond motifs is 2. The minimum atomic E-state index is -0.279. The van der Waals surface area contributed by atoms with Gasteiger partial charge in [-0.2, -0.15) is 0 Å². The number of ketones is 1. The van der Waals surface area contributed by atoms with Crippen LogP contribution in [0, 0.1) is 11.8 Å². The normalized spacial score (nSPS) is 27.2. The van der Waals surface area contributed by atoms with E-state index in [-0.39, 0.29) is 23.9 Å². The Kier molecular flexibility index (Phi) is 5.91.